The second kappa shape index (κ2) is 7.16. The minimum absolute atomic E-state index is 0.297. The van der Waals surface area contributed by atoms with E-state index in [1.165, 1.54) is 4.90 Å². The molecule has 0 bridgehead atoms. The molecule has 2 heterocycles. The van der Waals surface area contributed by atoms with Crippen molar-refractivity contribution in [1.29, 1.82) is 5.26 Å². The number of hydrogen-bond acceptors (Lipinski definition) is 3. The summed E-state index contributed by atoms with van der Waals surface area (Å²) in [6.07, 6.45) is 0. The molecule has 0 unspecified atom stereocenters. The molecular formula is C28H14N4O2. The Hall–Kier alpha value is -5.20. The molecule has 0 N–H and O–H groups in total. The van der Waals surface area contributed by atoms with Crippen molar-refractivity contribution in [2.75, 3.05) is 4.90 Å². The highest BCUT2D eigenvalue weighted by atomic mass is 16.2. The number of hydrogen-bond donors (Lipinski definition) is 0. The zero-order valence-corrected chi connectivity index (χ0v) is 17.7. The molecule has 1 aliphatic heterocycles. The molecule has 0 fully saturated rings. The molecule has 2 amide bonds. The van der Waals surface area contributed by atoms with Crippen molar-refractivity contribution in [2.45, 2.75) is 0 Å². The van der Waals surface area contributed by atoms with Crippen LogP contribution in [0, 0.1) is 17.9 Å². The molecule has 34 heavy (non-hydrogen) atoms. The monoisotopic (exact) mass is 438 g/mol. The van der Waals surface area contributed by atoms with Crippen LogP contribution in [0.3, 0.4) is 0 Å². The van der Waals surface area contributed by atoms with Gasteiger partial charge in [0.2, 0.25) is 0 Å². The van der Waals surface area contributed by atoms with Gasteiger partial charge in [-0.2, -0.15) is 5.26 Å². The Morgan fingerprint density at radius 2 is 1.53 bits per heavy atom. The summed E-state index contributed by atoms with van der Waals surface area (Å²) in [5.41, 5.74) is 4.04. The average molecular weight is 438 g/mol. The lowest BCUT2D eigenvalue weighted by Crippen LogP contribution is -2.29. The van der Waals surface area contributed by atoms with Crippen LogP contribution >= 0.6 is 0 Å². The van der Waals surface area contributed by atoms with Crippen LogP contribution in [-0.2, 0) is 0 Å². The number of fused-ring (bicyclic) bond motifs is 4. The molecule has 0 spiro atoms. The van der Waals surface area contributed by atoms with E-state index in [0.29, 0.717) is 33.8 Å². The van der Waals surface area contributed by atoms with E-state index in [2.05, 4.69) is 10.9 Å². The topological polar surface area (TPSA) is 70.5 Å². The van der Waals surface area contributed by atoms with E-state index >= 15 is 0 Å². The van der Waals surface area contributed by atoms with E-state index in [1.54, 1.807) is 66.7 Å². The van der Waals surface area contributed by atoms with Crippen molar-refractivity contribution in [3.05, 3.63) is 113 Å². The number of imide groups is 1. The Morgan fingerprint density at radius 1 is 0.794 bits per heavy atom. The van der Waals surface area contributed by atoms with E-state index in [4.69, 9.17) is 6.57 Å². The van der Waals surface area contributed by atoms with Crippen molar-refractivity contribution in [3.8, 4) is 11.8 Å². The number of anilines is 1. The zero-order valence-electron chi connectivity index (χ0n) is 17.7. The molecular weight excluding hydrogens is 424 g/mol. The molecule has 0 saturated carbocycles. The fourth-order valence-corrected chi connectivity index (χ4v) is 4.67. The van der Waals surface area contributed by atoms with Gasteiger partial charge in [0.05, 0.1) is 46.2 Å². The maximum absolute atomic E-state index is 13.6. The quantitative estimate of drug-likeness (QED) is 0.250. The summed E-state index contributed by atoms with van der Waals surface area (Å²) in [4.78, 5) is 31.7. The van der Waals surface area contributed by atoms with Crippen molar-refractivity contribution < 1.29 is 9.59 Å². The fraction of sp³-hybridized carbons (Fsp3) is 0. The number of rotatable bonds is 2. The van der Waals surface area contributed by atoms with Gasteiger partial charge in [-0.15, -0.1) is 0 Å². The summed E-state index contributed by atoms with van der Waals surface area (Å²) in [5, 5.41) is 11.3. The van der Waals surface area contributed by atoms with Crippen LogP contribution in [0.2, 0.25) is 0 Å². The Labute approximate surface area is 194 Å². The Morgan fingerprint density at radius 3 is 2.26 bits per heavy atom. The van der Waals surface area contributed by atoms with Gasteiger partial charge in [-0.05, 0) is 42.5 Å². The van der Waals surface area contributed by atoms with Crippen LogP contribution in [0.5, 0.6) is 0 Å². The summed E-state index contributed by atoms with van der Waals surface area (Å²) < 4.78 is 1.87. The minimum Gasteiger partial charge on any atom is -0.310 e. The number of aromatic nitrogens is 1. The first kappa shape index (κ1) is 19.5. The van der Waals surface area contributed by atoms with Crippen molar-refractivity contribution in [1.82, 2.24) is 4.57 Å². The van der Waals surface area contributed by atoms with Gasteiger partial charge in [-0.3, -0.25) is 9.59 Å². The largest absolute Gasteiger partial charge is 0.310 e. The van der Waals surface area contributed by atoms with Gasteiger partial charge in [-0.25, -0.2) is 9.74 Å². The number of nitriles is 1. The average Bonchev–Trinajstić information content (AvgIpc) is 3.34. The van der Waals surface area contributed by atoms with Gasteiger partial charge in [0.1, 0.15) is 0 Å². The molecule has 1 aromatic heterocycles. The van der Waals surface area contributed by atoms with Gasteiger partial charge in [-0.1, -0.05) is 42.5 Å². The van der Waals surface area contributed by atoms with Crippen molar-refractivity contribution in [2.24, 2.45) is 0 Å². The first-order valence-electron chi connectivity index (χ1n) is 10.6. The smallest absolute Gasteiger partial charge is 0.268 e. The van der Waals surface area contributed by atoms with Gasteiger partial charge < -0.3 is 4.57 Å². The molecule has 158 valence electrons. The number of amides is 2. The standard InChI is InChI=1S/C28H14N4O2/c1-30-18-11-13-21-20-12-10-17(16-29)14-24(20)32(25(21)15-18)23-9-5-8-22-26(23)28(34)31(27(22)33)19-6-3-2-4-7-19/h2-15H. The molecule has 0 saturated heterocycles. The van der Waals surface area contributed by atoms with Crippen LogP contribution in [0.15, 0.2) is 84.9 Å². The van der Waals surface area contributed by atoms with Crippen LogP contribution in [0.25, 0.3) is 32.3 Å². The number of para-hydroxylation sites is 1. The van der Waals surface area contributed by atoms with Crippen molar-refractivity contribution >= 4 is 45.0 Å². The summed E-state index contributed by atoms with van der Waals surface area (Å²) >= 11 is 0. The third kappa shape index (κ3) is 2.60. The lowest BCUT2D eigenvalue weighted by molar-refractivity contribution is 0.0926. The van der Waals surface area contributed by atoms with Crippen LogP contribution < -0.4 is 4.90 Å². The van der Waals surface area contributed by atoms with E-state index in [0.717, 1.165) is 21.8 Å². The van der Waals surface area contributed by atoms with E-state index in [1.807, 2.05) is 22.8 Å². The Bertz CT molecular complexity index is 1700. The number of carbonyl (C=O) groups excluding carboxylic acids is 2. The molecule has 4 aromatic carbocycles. The first-order chi connectivity index (χ1) is 16.6. The third-order valence-electron chi connectivity index (χ3n) is 6.16. The van der Waals surface area contributed by atoms with E-state index < -0.39 is 5.91 Å². The summed E-state index contributed by atoms with van der Waals surface area (Å²) in [5.74, 6) is -0.789. The Balaban J connectivity index is 1.70. The Kier molecular flexibility index (Phi) is 4.10. The zero-order chi connectivity index (χ0) is 23.4. The molecule has 5 aromatic rings. The molecule has 0 radical (unpaired) electrons. The van der Waals surface area contributed by atoms with Gasteiger partial charge >= 0.3 is 0 Å². The maximum Gasteiger partial charge on any atom is 0.268 e. The lowest BCUT2D eigenvalue weighted by Gasteiger charge is -2.14. The highest BCUT2D eigenvalue weighted by molar-refractivity contribution is 6.35. The maximum atomic E-state index is 13.6. The van der Waals surface area contributed by atoms with Gasteiger partial charge in [0, 0.05) is 16.3 Å². The first-order valence-corrected chi connectivity index (χ1v) is 10.6. The predicted molar refractivity (Wildman–Crippen MR) is 129 cm³/mol. The van der Waals surface area contributed by atoms with Gasteiger partial charge in [0.25, 0.3) is 11.8 Å². The SMILES string of the molecule is [C-]#[N+]c1ccc2c3ccc(C#N)cc3n(-c3cccc4c3C(=O)N(c3ccccc3)C4=O)c2c1. The van der Waals surface area contributed by atoms with E-state index in [9.17, 15) is 14.9 Å². The second-order valence-electron chi connectivity index (χ2n) is 7.97. The van der Waals surface area contributed by atoms with Crippen LogP contribution in [0.4, 0.5) is 11.4 Å². The highest BCUT2D eigenvalue weighted by Gasteiger charge is 2.39. The molecule has 1 aliphatic rings. The predicted octanol–water partition coefficient (Wildman–Crippen LogP) is 6.01. The van der Waals surface area contributed by atoms with Gasteiger partial charge in [0.15, 0.2) is 5.69 Å². The highest BCUT2D eigenvalue weighted by Crippen LogP contribution is 2.38. The molecule has 0 atom stereocenters. The normalized spacial score (nSPS) is 12.7. The minimum atomic E-state index is -0.408. The molecule has 6 heteroatoms. The second-order valence-corrected chi connectivity index (χ2v) is 7.97. The summed E-state index contributed by atoms with van der Waals surface area (Å²) in [7, 11) is 0. The lowest BCUT2D eigenvalue weighted by atomic mass is 10.1. The number of nitrogens with zero attached hydrogens (tertiary/aromatic N) is 4. The van der Waals surface area contributed by atoms with Crippen molar-refractivity contribution in [3.63, 3.8) is 0 Å². The fourth-order valence-electron chi connectivity index (χ4n) is 4.67. The third-order valence-corrected chi connectivity index (χ3v) is 6.16. The van der Waals surface area contributed by atoms with Crippen LogP contribution in [0.1, 0.15) is 26.3 Å². The number of benzene rings is 4. The summed E-state index contributed by atoms with van der Waals surface area (Å²) in [6.45, 7) is 7.46. The van der Waals surface area contributed by atoms with E-state index in [-0.39, 0.29) is 5.91 Å². The molecule has 0 aliphatic carbocycles. The molecule has 6 nitrogen and oxygen atoms in total. The molecule has 6 rings (SSSR count). The summed E-state index contributed by atoms with van der Waals surface area (Å²) in [6, 6.07) is 27.0. The van der Waals surface area contributed by atoms with Crippen LogP contribution in [-0.4, -0.2) is 16.4 Å². The number of carbonyl (C=O) groups is 2.